The minimum Gasteiger partial charge on any atom is -0.497 e. The Morgan fingerprint density at radius 2 is 1.82 bits per heavy atom. The number of hydrogen-bond donors (Lipinski definition) is 1. The van der Waals surface area contributed by atoms with E-state index >= 15 is 0 Å². The van der Waals surface area contributed by atoms with Crippen molar-refractivity contribution in [3.8, 4) is 17.0 Å². The molecule has 0 radical (unpaired) electrons. The highest BCUT2D eigenvalue weighted by Gasteiger charge is 2.24. The Labute approximate surface area is 164 Å². The van der Waals surface area contributed by atoms with Crippen LogP contribution in [0.4, 0.5) is 5.69 Å². The van der Waals surface area contributed by atoms with Gasteiger partial charge in [0.2, 0.25) is 0 Å². The summed E-state index contributed by atoms with van der Waals surface area (Å²) in [6.07, 6.45) is 0. The molecule has 6 heteroatoms. The standard InChI is InChI=1S/C22H24N4O2/c1-16-6-3-4-9-21(16)25-10-12-26(13-11-25)22(27)20-15-19(23-24-20)17-7-5-8-18(14-17)28-2/h3-9,14-15H,10-13H2,1-2H3,(H,23,24). The fourth-order valence-corrected chi connectivity index (χ4v) is 3.60. The molecule has 2 heterocycles. The minimum atomic E-state index is -0.00826. The third kappa shape index (κ3) is 3.58. The zero-order chi connectivity index (χ0) is 19.5. The number of aromatic nitrogens is 2. The van der Waals surface area contributed by atoms with Gasteiger partial charge in [0.05, 0.1) is 12.8 Å². The molecule has 0 atom stereocenters. The maximum absolute atomic E-state index is 12.9. The lowest BCUT2D eigenvalue weighted by atomic mass is 10.1. The first kappa shape index (κ1) is 18.1. The molecular weight excluding hydrogens is 352 g/mol. The van der Waals surface area contributed by atoms with Gasteiger partial charge in [-0.15, -0.1) is 0 Å². The molecule has 4 rings (SSSR count). The summed E-state index contributed by atoms with van der Waals surface area (Å²) in [5.74, 6) is 0.756. The molecule has 3 aromatic rings. The average Bonchev–Trinajstić information content (AvgIpc) is 3.24. The molecule has 0 unspecified atom stereocenters. The SMILES string of the molecule is COc1cccc(-c2cc(C(=O)N3CCN(c4ccccc4C)CC3)[nH]n2)c1. The highest BCUT2D eigenvalue weighted by molar-refractivity contribution is 5.93. The molecule has 0 saturated carbocycles. The third-order valence-corrected chi connectivity index (χ3v) is 5.20. The van der Waals surface area contributed by atoms with Crippen LogP contribution < -0.4 is 9.64 Å². The normalized spacial score (nSPS) is 14.2. The maximum Gasteiger partial charge on any atom is 0.272 e. The highest BCUT2D eigenvalue weighted by Crippen LogP contribution is 2.24. The zero-order valence-electron chi connectivity index (χ0n) is 16.2. The molecule has 144 valence electrons. The van der Waals surface area contributed by atoms with E-state index in [1.807, 2.05) is 35.2 Å². The van der Waals surface area contributed by atoms with Crippen molar-refractivity contribution in [2.45, 2.75) is 6.92 Å². The summed E-state index contributed by atoms with van der Waals surface area (Å²) in [6.45, 7) is 5.17. The van der Waals surface area contributed by atoms with Gasteiger partial charge in [0, 0.05) is 37.4 Å². The van der Waals surface area contributed by atoms with Gasteiger partial charge in [-0.2, -0.15) is 5.10 Å². The molecule has 1 aromatic heterocycles. The number of ether oxygens (including phenoxy) is 1. The number of benzene rings is 2. The first-order valence-corrected chi connectivity index (χ1v) is 9.45. The lowest BCUT2D eigenvalue weighted by Gasteiger charge is -2.36. The Morgan fingerprint density at radius 3 is 2.57 bits per heavy atom. The Bertz CT molecular complexity index is 974. The maximum atomic E-state index is 12.9. The van der Waals surface area contributed by atoms with Crippen molar-refractivity contribution in [1.82, 2.24) is 15.1 Å². The largest absolute Gasteiger partial charge is 0.497 e. The van der Waals surface area contributed by atoms with Crippen molar-refractivity contribution in [2.24, 2.45) is 0 Å². The van der Waals surface area contributed by atoms with E-state index < -0.39 is 0 Å². The second kappa shape index (κ2) is 7.76. The van der Waals surface area contributed by atoms with Crippen LogP contribution in [-0.4, -0.2) is 54.3 Å². The van der Waals surface area contributed by atoms with Crippen molar-refractivity contribution in [3.05, 3.63) is 65.9 Å². The molecule has 1 saturated heterocycles. The monoisotopic (exact) mass is 376 g/mol. The average molecular weight is 376 g/mol. The van der Waals surface area contributed by atoms with E-state index in [1.54, 1.807) is 7.11 Å². The quantitative estimate of drug-likeness (QED) is 0.759. The van der Waals surface area contributed by atoms with E-state index in [2.05, 4.69) is 46.3 Å². The number of carbonyl (C=O) groups excluding carboxylic acids is 1. The fourth-order valence-electron chi connectivity index (χ4n) is 3.60. The van der Waals surface area contributed by atoms with E-state index in [1.165, 1.54) is 11.3 Å². The van der Waals surface area contributed by atoms with Gasteiger partial charge in [0.1, 0.15) is 11.4 Å². The smallest absolute Gasteiger partial charge is 0.272 e. The van der Waals surface area contributed by atoms with Crippen LogP contribution in [0, 0.1) is 6.92 Å². The second-order valence-corrected chi connectivity index (χ2v) is 6.96. The number of nitrogens with one attached hydrogen (secondary N) is 1. The van der Waals surface area contributed by atoms with Gasteiger partial charge in [0.25, 0.3) is 5.91 Å². The Balaban J connectivity index is 1.43. The minimum absolute atomic E-state index is 0.00826. The number of H-pyrrole nitrogens is 1. The number of anilines is 1. The lowest BCUT2D eigenvalue weighted by molar-refractivity contribution is 0.0741. The summed E-state index contributed by atoms with van der Waals surface area (Å²) in [5, 5.41) is 7.21. The van der Waals surface area contributed by atoms with Crippen LogP contribution in [0.1, 0.15) is 16.1 Å². The van der Waals surface area contributed by atoms with E-state index in [9.17, 15) is 4.79 Å². The predicted octanol–water partition coefficient (Wildman–Crippen LogP) is 3.36. The lowest BCUT2D eigenvalue weighted by Crippen LogP contribution is -2.49. The van der Waals surface area contributed by atoms with Crippen molar-refractivity contribution < 1.29 is 9.53 Å². The van der Waals surface area contributed by atoms with Gasteiger partial charge >= 0.3 is 0 Å². The van der Waals surface area contributed by atoms with E-state index in [-0.39, 0.29) is 5.91 Å². The molecule has 0 spiro atoms. The number of piperazine rings is 1. The van der Waals surface area contributed by atoms with E-state index in [0.717, 1.165) is 30.1 Å². The summed E-state index contributed by atoms with van der Waals surface area (Å²) >= 11 is 0. The molecule has 0 bridgehead atoms. The molecule has 1 N–H and O–H groups in total. The van der Waals surface area contributed by atoms with Crippen molar-refractivity contribution in [1.29, 1.82) is 0 Å². The Morgan fingerprint density at radius 1 is 1.04 bits per heavy atom. The van der Waals surface area contributed by atoms with Gasteiger partial charge in [-0.3, -0.25) is 9.89 Å². The second-order valence-electron chi connectivity index (χ2n) is 6.96. The first-order chi connectivity index (χ1) is 13.7. The summed E-state index contributed by atoms with van der Waals surface area (Å²) in [6, 6.07) is 17.8. The van der Waals surface area contributed by atoms with Gasteiger partial charge in [-0.25, -0.2) is 0 Å². The number of hydrogen-bond acceptors (Lipinski definition) is 4. The van der Waals surface area contributed by atoms with Crippen LogP contribution >= 0.6 is 0 Å². The van der Waals surface area contributed by atoms with Crippen molar-refractivity contribution in [2.75, 3.05) is 38.2 Å². The Hall–Kier alpha value is -3.28. The van der Waals surface area contributed by atoms with Crippen LogP contribution in [0.3, 0.4) is 0 Å². The van der Waals surface area contributed by atoms with Crippen LogP contribution in [0.5, 0.6) is 5.75 Å². The fraction of sp³-hybridized carbons (Fsp3) is 0.273. The number of methoxy groups -OCH3 is 1. The van der Waals surface area contributed by atoms with Crippen LogP contribution in [-0.2, 0) is 0 Å². The predicted molar refractivity (Wildman–Crippen MR) is 110 cm³/mol. The number of para-hydroxylation sites is 1. The number of aryl methyl sites for hydroxylation is 1. The van der Waals surface area contributed by atoms with Crippen molar-refractivity contribution >= 4 is 11.6 Å². The molecular formula is C22H24N4O2. The Kier molecular flexibility index (Phi) is 5.02. The van der Waals surface area contributed by atoms with Gasteiger partial charge in [-0.1, -0.05) is 30.3 Å². The van der Waals surface area contributed by atoms with Crippen molar-refractivity contribution in [3.63, 3.8) is 0 Å². The number of nitrogens with zero attached hydrogens (tertiary/aromatic N) is 3. The number of carbonyl (C=O) groups is 1. The first-order valence-electron chi connectivity index (χ1n) is 9.45. The summed E-state index contributed by atoms with van der Waals surface area (Å²) < 4.78 is 5.26. The molecule has 28 heavy (non-hydrogen) atoms. The van der Waals surface area contributed by atoms with Gasteiger partial charge in [-0.05, 0) is 36.8 Å². The van der Waals surface area contributed by atoms with Crippen LogP contribution in [0.15, 0.2) is 54.6 Å². The van der Waals surface area contributed by atoms with Crippen LogP contribution in [0.2, 0.25) is 0 Å². The molecule has 1 amide bonds. The van der Waals surface area contributed by atoms with Crippen LogP contribution in [0.25, 0.3) is 11.3 Å². The molecule has 1 fully saturated rings. The molecule has 2 aromatic carbocycles. The van der Waals surface area contributed by atoms with E-state index in [0.29, 0.717) is 18.8 Å². The van der Waals surface area contributed by atoms with E-state index in [4.69, 9.17) is 4.74 Å². The molecule has 1 aliphatic heterocycles. The third-order valence-electron chi connectivity index (χ3n) is 5.20. The number of aromatic amines is 1. The number of amides is 1. The summed E-state index contributed by atoms with van der Waals surface area (Å²) in [7, 11) is 1.63. The van der Waals surface area contributed by atoms with Gasteiger partial charge < -0.3 is 14.5 Å². The highest BCUT2D eigenvalue weighted by atomic mass is 16.5. The molecule has 1 aliphatic rings. The summed E-state index contributed by atoms with van der Waals surface area (Å²) in [4.78, 5) is 17.1. The molecule has 0 aliphatic carbocycles. The number of rotatable bonds is 4. The van der Waals surface area contributed by atoms with Gasteiger partial charge in [0.15, 0.2) is 0 Å². The summed E-state index contributed by atoms with van der Waals surface area (Å²) in [5.41, 5.74) is 4.68. The zero-order valence-corrected chi connectivity index (χ0v) is 16.2. The topological polar surface area (TPSA) is 61.5 Å². The molecule has 6 nitrogen and oxygen atoms in total.